The lowest BCUT2D eigenvalue weighted by molar-refractivity contribution is 0.0642. The number of benzene rings is 2. The Morgan fingerprint density at radius 2 is 1.67 bits per heavy atom. The summed E-state index contributed by atoms with van der Waals surface area (Å²) in [6, 6.07) is 11.9. The van der Waals surface area contributed by atoms with Crippen molar-refractivity contribution in [2.45, 2.75) is 20.4 Å². The van der Waals surface area contributed by atoms with E-state index in [-0.39, 0.29) is 24.3 Å². The van der Waals surface area contributed by atoms with Gasteiger partial charge in [0.25, 0.3) is 17.7 Å². The number of rotatable bonds is 9. The van der Waals surface area contributed by atoms with E-state index in [2.05, 4.69) is 24.1 Å². The Kier molecular flexibility index (Phi) is 6.84. The molecule has 0 saturated carbocycles. The van der Waals surface area contributed by atoms with Crippen molar-refractivity contribution in [3.8, 4) is 5.75 Å². The molecule has 0 aromatic heterocycles. The van der Waals surface area contributed by atoms with Gasteiger partial charge in [-0.2, -0.15) is 0 Å². The smallest absolute Gasteiger partial charge is 0.261 e. The average Bonchev–Trinajstić information content (AvgIpc) is 3.01. The molecular weight excluding hydrogens is 382 g/mol. The summed E-state index contributed by atoms with van der Waals surface area (Å²) in [5.41, 5.74) is 1.88. The van der Waals surface area contributed by atoms with Gasteiger partial charge in [0.05, 0.1) is 30.3 Å². The first kappa shape index (κ1) is 21.5. The molecule has 30 heavy (non-hydrogen) atoms. The monoisotopic (exact) mass is 409 g/mol. The number of ether oxygens (including phenoxy) is 1. The molecule has 2 aromatic carbocycles. The summed E-state index contributed by atoms with van der Waals surface area (Å²) >= 11 is 0. The van der Waals surface area contributed by atoms with Crippen LogP contribution < -0.4 is 10.1 Å². The summed E-state index contributed by atoms with van der Waals surface area (Å²) in [5.74, 6) is -0.446. The van der Waals surface area contributed by atoms with Crippen LogP contribution in [0.25, 0.3) is 0 Å². The van der Waals surface area contributed by atoms with Crippen molar-refractivity contribution < 1.29 is 19.1 Å². The van der Waals surface area contributed by atoms with Crippen molar-refractivity contribution in [1.82, 2.24) is 15.1 Å². The van der Waals surface area contributed by atoms with E-state index in [0.717, 1.165) is 19.6 Å². The van der Waals surface area contributed by atoms with Gasteiger partial charge in [0.2, 0.25) is 0 Å². The van der Waals surface area contributed by atoms with E-state index in [1.54, 1.807) is 42.5 Å². The molecule has 0 spiro atoms. The van der Waals surface area contributed by atoms with Crippen LogP contribution in [0.4, 0.5) is 0 Å². The van der Waals surface area contributed by atoms with Crippen molar-refractivity contribution in [2.24, 2.45) is 0 Å². The third kappa shape index (κ3) is 4.36. The van der Waals surface area contributed by atoms with Gasteiger partial charge in [-0.3, -0.25) is 19.3 Å². The van der Waals surface area contributed by atoms with Gasteiger partial charge in [-0.05, 0) is 42.9 Å². The Bertz CT molecular complexity index is 918. The summed E-state index contributed by atoms with van der Waals surface area (Å²) in [6.07, 6.45) is 0. The fourth-order valence-electron chi connectivity index (χ4n) is 3.56. The van der Waals surface area contributed by atoms with Crippen LogP contribution >= 0.6 is 0 Å². The van der Waals surface area contributed by atoms with Gasteiger partial charge in [-0.25, -0.2) is 0 Å². The summed E-state index contributed by atoms with van der Waals surface area (Å²) in [5, 5.41) is 2.92. The molecule has 0 unspecified atom stereocenters. The first-order valence-corrected chi connectivity index (χ1v) is 10.1. The molecule has 0 saturated heterocycles. The van der Waals surface area contributed by atoms with E-state index < -0.39 is 0 Å². The van der Waals surface area contributed by atoms with Crippen molar-refractivity contribution in [2.75, 3.05) is 33.3 Å². The second-order valence-corrected chi connectivity index (χ2v) is 7.06. The molecule has 3 rings (SSSR count). The van der Waals surface area contributed by atoms with Crippen molar-refractivity contribution >= 4 is 17.7 Å². The zero-order chi connectivity index (χ0) is 21.7. The number of hydrogen-bond acceptors (Lipinski definition) is 5. The highest BCUT2D eigenvalue weighted by Gasteiger charge is 2.35. The normalized spacial score (nSPS) is 13.0. The quantitative estimate of drug-likeness (QED) is 0.644. The first-order valence-electron chi connectivity index (χ1n) is 10.1. The average molecular weight is 409 g/mol. The summed E-state index contributed by atoms with van der Waals surface area (Å²) in [6.45, 7) is 7.38. The molecule has 158 valence electrons. The fourth-order valence-corrected chi connectivity index (χ4v) is 3.56. The molecule has 0 bridgehead atoms. The molecule has 1 aliphatic heterocycles. The first-order chi connectivity index (χ1) is 14.5. The highest BCUT2D eigenvalue weighted by molar-refractivity contribution is 6.21. The minimum atomic E-state index is -0.323. The molecule has 1 heterocycles. The SMILES string of the molecule is CCN(CC)CCNC(=O)c1cc(CN2C(=O)c3ccccc3C2=O)ccc1OC. The van der Waals surface area contributed by atoms with Gasteiger partial charge >= 0.3 is 0 Å². The highest BCUT2D eigenvalue weighted by Crippen LogP contribution is 2.26. The van der Waals surface area contributed by atoms with Crippen LogP contribution in [0, 0.1) is 0 Å². The fraction of sp³-hybridized carbons (Fsp3) is 0.348. The zero-order valence-electron chi connectivity index (χ0n) is 17.6. The van der Waals surface area contributed by atoms with Crippen molar-refractivity contribution in [1.29, 1.82) is 0 Å². The lowest BCUT2D eigenvalue weighted by Gasteiger charge is -2.19. The highest BCUT2D eigenvalue weighted by atomic mass is 16.5. The Labute approximate surface area is 176 Å². The number of nitrogens with one attached hydrogen (secondary N) is 1. The van der Waals surface area contributed by atoms with Crippen LogP contribution in [0.1, 0.15) is 50.5 Å². The summed E-state index contributed by atoms with van der Waals surface area (Å²) in [7, 11) is 1.51. The molecule has 2 aromatic rings. The number of imide groups is 1. The van der Waals surface area contributed by atoms with E-state index in [1.165, 1.54) is 12.0 Å². The maximum Gasteiger partial charge on any atom is 0.261 e. The van der Waals surface area contributed by atoms with Crippen LogP contribution in [0.2, 0.25) is 0 Å². The van der Waals surface area contributed by atoms with Gasteiger partial charge in [-0.15, -0.1) is 0 Å². The van der Waals surface area contributed by atoms with Crippen LogP contribution in [0.15, 0.2) is 42.5 Å². The molecule has 1 N–H and O–H groups in total. The van der Waals surface area contributed by atoms with E-state index in [0.29, 0.717) is 34.5 Å². The molecule has 7 heteroatoms. The molecule has 0 atom stereocenters. The molecule has 0 aliphatic carbocycles. The van der Waals surface area contributed by atoms with E-state index in [9.17, 15) is 14.4 Å². The Balaban J connectivity index is 1.74. The van der Waals surface area contributed by atoms with Gasteiger partial charge in [0, 0.05) is 13.1 Å². The second kappa shape index (κ2) is 9.54. The third-order valence-corrected chi connectivity index (χ3v) is 5.34. The largest absolute Gasteiger partial charge is 0.496 e. The minimum absolute atomic E-state index is 0.0933. The molecule has 0 fully saturated rings. The topological polar surface area (TPSA) is 79.0 Å². The van der Waals surface area contributed by atoms with E-state index >= 15 is 0 Å². The van der Waals surface area contributed by atoms with Gasteiger partial charge in [0.15, 0.2) is 0 Å². The Hall–Kier alpha value is -3.19. The number of nitrogens with zero attached hydrogens (tertiary/aromatic N) is 2. The molecule has 1 aliphatic rings. The maximum absolute atomic E-state index is 12.7. The Morgan fingerprint density at radius 3 is 2.23 bits per heavy atom. The van der Waals surface area contributed by atoms with Crippen LogP contribution in [0.5, 0.6) is 5.75 Å². The number of amides is 3. The Morgan fingerprint density at radius 1 is 1.03 bits per heavy atom. The van der Waals surface area contributed by atoms with E-state index in [4.69, 9.17) is 4.74 Å². The molecule has 0 radical (unpaired) electrons. The van der Waals surface area contributed by atoms with Crippen LogP contribution in [-0.4, -0.2) is 60.8 Å². The van der Waals surface area contributed by atoms with Crippen LogP contribution in [0.3, 0.4) is 0 Å². The predicted molar refractivity (Wildman–Crippen MR) is 114 cm³/mol. The summed E-state index contributed by atoms with van der Waals surface area (Å²) in [4.78, 5) is 41.4. The van der Waals surface area contributed by atoms with Crippen molar-refractivity contribution in [3.63, 3.8) is 0 Å². The van der Waals surface area contributed by atoms with E-state index in [1.807, 2.05) is 0 Å². The van der Waals surface area contributed by atoms with Gasteiger partial charge in [0.1, 0.15) is 5.75 Å². The third-order valence-electron chi connectivity index (χ3n) is 5.34. The van der Waals surface area contributed by atoms with Gasteiger partial charge in [-0.1, -0.05) is 32.0 Å². The number of hydrogen-bond donors (Lipinski definition) is 1. The zero-order valence-corrected chi connectivity index (χ0v) is 17.6. The standard InChI is InChI=1S/C23H27N3O4/c1-4-25(5-2)13-12-24-21(27)19-14-16(10-11-20(19)30-3)15-26-22(28)17-8-6-7-9-18(17)23(26)29/h6-11,14H,4-5,12-13,15H2,1-3H3,(H,24,27). The molecular formula is C23H27N3O4. The summed E-state index contributed by atoms with van der Waals surface area (Å²) < 4.78 is 5.34. The minimum Gasteiger partial charge on any atom is -0.496 e. The number of fused-ring (bicyclic) bond motifs is 1. The lowest BCUT2D eigenvalue weighted by Crippen LogP contribution is -2.35. The second-order valence-electron chi connectivity index (χ2n) is 7.06. The predicted octanol–water partition coefficient (Wildman–Crippen LogP) is 2.56. The number of carbonyl (C=O) groups is 3. The number of carbonyl (C=O) groups excluding carboxylic acids is 3. The molecule has 3 amide bonds. The number of methoxy groups -OCH3 is 1. The van der Waals surface area contributed by atoms with Crippen molar-refractivity contribution in [3.05, 3.63) is 64.7 Å². The number of likely N-dealkylation sites (N-methyl/N-ethyl adjacent to an activating group) is 1. The maximum atomic E-state index is 12.7. The lowest BCUT2D eigenvalue weighted by atomic mass is 10.1. The van der Waals surface area contributed by atoms with Crippen LogP contribution in [-0.2, 0) is 6.54 Å². The van der Waals surface area contributed by atoms with Gasteiger partial charge < -0.3 is 15.0 Å². The molecule has 7 nitrogen and oxygen atoms in total.